The molecule has 0 amide bonds. The quantitative estimate of drug-likeness (QED) is 0.854. The van der Waals surface area contributed by atoms with Crippen LogP contribution in [0.15, 0.2) is 25.6 Å². The zero-order valence-electron chi connectivity index (χ0n) is 7.43. The molecule has 1 aromatic rings. The van der Waals surface area contributed by atoms with Crippen LogP contribution in [0, 0.1) is 0 Å². The highest BCUT2D eigenvalue weighted by Gasteiger charge is 2.08. The van der Waals surface area contributed by atoms with Crippen LogP contribution in [-0.2, 0) is 0 Å². The van der Waals surface area contributed by atoms with E-state index in [2.05, 4.69) is 47.8 Å². The van der Waals surface area contributed by atoms with Crippen molar-refractivity contribution in [2.75, 3.05) is 6.61 Å². The van der Waals surface area contributed by atoms with Crippen molar-refractivity contribution in [3.05, 3.63) is 25.6 Å². The first-order valence-electron chi connectivity index (χ1n) is 3.96. The Balaban J connectivity index is 2.86. The highest BCUT2D eigenvalue weighted by Crippen LogP contribution is 2.36. The van der Waals surface area contributed by atoms with Crippen molar-refractivity contribution in [2.45, 2.75) is 13.0 Å². The number of hydrogen-bond acceptors (Lipinski definition) is 2. The molecular formula is C9H9Br3O2. The van der Waals surface area contributed by atoms with E-state index in [1.165, 1.54) is 0 Å². The lowest BCUT2D eigenvalue weighted by Gasteiger charge is -2.11. The number of aliphatic hydroxyl groups is 1. The summed E-state index contributed by atoms with van der Waals surface area (Å²) in [6.07, 6.45) is -0.475. The fraction of sp³-hybridized carbons (Fsp3) is 0.333. The van der Waals surface area contributed by atoms with Gasteiger partial charge in [0.1, 0.15) is 12.4 Å². The molecule has 0 saturated heterocycles. The number of ether oxygens (including phenoxy) is 1. The minimum absolute atomic E-state index is 0.277. The maximum Gasteiger partial charge on any atom is 0.147 e. The first-order valence-corrected chi connectivity index (χ1v) is 6.34. The Morgan fingerprint density at radius 3 is 2.21 bits per heavy atom. The van der Waals surface area contributed by atoms with Crippen molar-refractivity contribution in [1.82, 2.24) is 0 Å². The van der Waals surface area contributed by atoms with Gasteiger partial charge in [0.2, 0.25) is 0 Å². The van der Waals surface area contributed by atoms with Gasteiger partial charge in [-0.15, -0.1) is 0 Å². The van der Waals surface area contributed by atoms with Crippen LogP contribution in [0.4, 0.5) is 0 Å². The minimum Gasteiger partial charge on any atom is -0.489 e. The van der Waals surface area contributed by atoms with Gasteiger partial charge in [-0.1, -0.05) is 15.9 Å². The Hall–Kier alpha value is 0.420. The fourth-order valence-corrected chi connectivity index (χ4v) is 3.36. The van der Waals surface area contributed by atoms with Crippen LogP contribution >= 0.6 is 47.8 Å². The first-order chi connectivity index (χ1) is 6.50. The molecule has 1 N–H and O–H groups in total. The molecule has 0 radical (unpaired) electrons. The molecule has 78 valence electrons. The molecule has 1 rings (SSSR count). The van der Waals surface area contributed by atoms with Gasteiger partial charge in [-0.3, -0.25) is 0 Å². The second-order valence-electron chi connectivity index (χ2n) is 2.86. The van der Waals surface area contributed by atoms with Crippen molar-refractivity contribution in [1.29, 1.82) is 0 Å². The summed E-state index contributed by atoms with van der Waals surface area (Å²) in [6.45, 7) is 1.96. The van der Waals surface area contributed by atoms with Crippen LogP contribution in [0.2, 0.25) is 0 Å². The van der Waals surface area contributed by atoms with E-state index in [1.807, 2.05) is 12.1 Å². The van der Waals surface area contributed by atoms with E-state index >= 15 is 0 Å². The average molecular weight is 389 g/mol. The number of aliphatic hydroxyl groups excluding tert-OH is 1. The van der Waals surface area contributed by atoms with Crippen LogP contribution in [0.3, 0.4) is 0 Å². The Labute approximate surface area is 108 Å². The molecule has 0 aromatic heterocycles. The van der Waals surface area contributed by atoms with Crippen LogP contribution in [0.1, 0.15) is 6.92 Å². The number of benzene rings is 1. The molecule has 2 nitrogen and oxygen atoms in total. The van der Waals surface area contributed by atoms with Crippen LogP contribution < -0.4 is 4.74 Å². The summed E-state index contributed by atoms with van der Waals surface area (Å²) in [7, 11) is 0. The Bertz CT molecular complexity index is 303. The smallest absolute Gasteiger partial charge is 0.147 e. The number of halogens is 3. The van der Waals surface area contributed by atoms with Crippen LogP contribution in [0.5, 0.6) is 5.75 Å². The average Bonchev–Trinajstić information content (AvgIpc) is 2.01. The van der Waals surface area contributed by atoms with Gasteiger partial charge >= 0.3 is 0 Å². The molecule has 0 heterocycles. The molecule has 0 fully saturated rings. The van der Waals surface area contributed by atoms with Crippen LogP contribution in [-0.4, -0.2) is 17.8 Å². The van der Waals surface area contributed by atoms with Crippen molar-refractivity contribution in [3.8, 4) is 5.75 Å². The van der Waals surface area contributed by atoms with E-state index in [9.17, 15) is 0 Å². The van der Waals surface area contributed by atoms with Crippen LogP contribution in [0.25, 0.3) is 0 Å². The van der Waals surface area contributed by atoms with Crippen molar-refractivity contribution >= 4 is 47.8 Å². The summed E-state index contributed by atoms with van der Waals surface area (Å²) in [4.78, 5) is 0. The minimum atomic E-state index is -0.475. The lowest BCUT2D eigenvalue weighted by atomic mass is 10.3. The maximum atomic E-state index is 9.09. The molecule has 0 spiro atoms. The van der Waals surface area contributed by atoms with E-state index in [-0.39, 0.29) is 6.61 Å². The summed E-state index contributed by atoms with van der Waals surface area (Å²) in [6, 6.07) is 3.78. The second kappa shape index (κ2) is 5.49. The van der Waals surface area contributed by atoms with E-state index in [0.717, 1.165) is 13.4 Å². The normalized spacial score (nSPS) is 12.6. The molecule has 0 aliphatic carbocycles. The number of rotatable bonds is 3. The van der Waals surface area contributed by atoms with E-state index in [0.29, 0.717) is 5.75 Å². The topological polar surface area (TPSA) is 29.5 Å². The molecule has 1 atom stereocenters. The first kappa shape index (κ1) is 12.5. The van der Waals surface area contributed by atoms with Gasteiger partial charge in [0.25, 0.3) is 0 Å². The van der Waals surface area contributed by atoms with Crippen molar-refractivity contribution in [2.24, 2.45) is 0 Å². The van der Waals surface area contributed by atoms with Gasteiger partial charge < -0.3 is 9.84 Å². The van der Waals surface area contributed by atoms with E-state index < -0.39 is 6.10 Å². The lowest BCUT2D eigenvalue weighted by Crippen LogP contribution is -2.13. The summed E-state index contributed by atoms with van der Waals surface area (Å²) in [5.41, 5.74) is 0. The molecule has 0 aliphatic heterocycles. The van der Waals surface area contributed by atoms with Gasteiger partial charge in [0.05, 0.1) is 15.0 Å². The highest BCUT2D eigenvalue weighted by atomic mass is 79.9. The predicted molar refractivity (Wildman–Crippen MR) is 66.7 cm³/mol. The monoisotopic (exact) mass is 386 g/mol. The Morgan fingerprint density at radius 2 is 1.79 bits per heavy atom. The van der Waals surface area contributed by atoms with Gasteiger partial charge in [-0.05, 0) is 50.9 Å². The third kappa shape index (κ3) is 3.53. The fourth-order valence-electron chi connectivity index (χ4n) is 0.871. The van der Waals surface area contributed by atoms with Gasteiger partial charge in [-0.2, -0.15) is 0 Å². The summed E-state index contributed by atoms with van der Waals surface area (Å²) in [5.74, 6) is 0.703. The second-order valence-corrected chi connectivity index (χ2v) is 5.48. The third-order valence-corrected chi connectivity index (χ3v) is 3.07. The molecule has 0 bridgehead atoms. The molecule has 14 heavy (non-hydrogen) atoms. The zero-order chi connectivity index (χ0) is 10.7. The lowest BCUT2D eigenvalue weighted by molar-refractivity contribution is 0.122. The van der Waals surface area contributed by atoms with Gasteiger partial charge in [0, 0.05) is 4.47 Å². The third-order valence-electron chi connectivity index (χ3n) is 1.43. The molecule has 0 unspecified atom stereocenters. The molecule has 5 heteroatoms. The summed E-state index contributed by atoms with van der Waals surface area (Å²) in [5, 5.41) is 9.09. The van der Waals surface area contributed by atoms with Gasteiger partial charge in [-0.25, -0.2) is 0 Å². The van der Waals surface area contributed by atoms with E-state index in [1.54, 1.807) is 6.92 Å². The Kier molecular flexibility index (Phi) is 4.90. The highest BCUT2D eigenvalue weighted by molar-refractivity contribution is 9.11. The summed E-state index contributed by atoms with van der Waals surface area (Å²) < 4.78 is 8.07. The Morgan fingerprint density at radius 1 is 1.29 bits per heavy atom. The largest absolute Gasteiger partial charge is 0.489 e. The molecule has 0 saturated carbocycles. The molecular weight excluding hydrogens is 380 g/mol. The maximum absolute atomic E-state index is 9.09. The van der Waals surface area contributed by atoms with E-state index in [4.69, 9.17) is 9.84 Å². The summed E-state index contributed by atoms with van der Waals surface area (Å²) >= 11 is 10.1. The van der Waals surface area contributed by atoms with Gasteiger partial charge in [0.15, 0.2) is 0 Å². The zero-order valence-corrected chi connectivity index (χ0v) is 12.2. The SMILES string of the molecule is C[C@@H](O)COc1c(Br)cc(Br)cc1Br. The number of hydrogen-bond donors (Lipinski definition) is 1. The van der Waals surface area contributed by atoms with Crippen molar-refractivity contribution in [3.63, 3.8) is 0 Å². The molecule has 0 aliphatic rings. The predicted octanol–water partition coefficient (Wildman–Crippen LogP) is 3.73. The molecule has 1 aromatic carbocycles. The standard InChI is InChI=1S/C9H9Br3O2/c1-5(13)4-14-9-7(11)2-6(10)3-8(9)12/h2-3,5,13H,4H2,1H3/t5-/m1/s1. The van der Waals surface area contributed by atoms with Crippen molar-refractivity contribution < 1.29 is 9.84 Å².